The fourth-order valence-electron chi connectivity index (χ4n) is 2.38. The van der Waals surface area contributed by atoms with Crippen LogP contribution in [-0.2, 0) is 17.8 Å². The Bertz CT molecular complexity index is 856. The van der Waals surface area contributed by atoms with Crippen LogP contribution in [0, 0.1) is 0 Å². The van der Waals surface area contributed by atoms with Crippen LogP contribution in [0.25, 0.3) is 0 Å². The fourth-order valence-corrected chi connectivity index (χ4v) is 2.38. The van der Waals surface area contributed by atoms with Crippen LogP contribution in [0.5, 0.6) is 11.5 Å². The van der Waals surface area contributed by atoms with Gasteiger partial charge in [-0.05, 0) is 38.0 Å². The molecule has 0 spiro atoms. The number of carbonyl (C=O) groups is 1. The highest BCUT2D eigenvalue weighted by molar-refractivity contribution is 5.75. The Kier molecular flexibility index (Phi) is 7.02. The summed E-state index contributed by atoms with van der Waals surface area (Å²) in [5.41, 5.74) is -0.105. The standard InChI is InChI=1S/C18H23N3O5/c1-3-25-14-6-5-13(11-15(14)26-4-2)7-9-19-17(23)12-21-10-8-16(22)20-18(21)24/h5-6,8,10-11H,3-4,7,9,12H2,1-2H3,(H,19,23)(H,20,22,24). The minimum atomic E-state index is -0.611. The Labute approximate surface area is 150 Å². The average molecular weight is 361 g/mol. The highest BCUT2D eigenvalue weighted by Crippen LogP contribution is 2.28. The third kappa shape index (κ3) is 5.51. The minimum Gasteiger partial charge on any atom is -0.490 e. The number of hydrogen-bond acceptors (Lipinski definition) is 5. The summed E-state index contributed by atoms with van der Waals surface area (Å²) in [6.45, 7) is 5.17. The van der Waals surface area contributed by atoms with Crippen molar-refractivity contribution in [3.63, 3.8) is 0 Å². The highest BCUT2D eigenvalue weighted by atomic mass is 16.5. The van der Waals surface area contributed by atoms with Gasteiger partial charge in [-0.2, -0.15) is 0 Å². The molecule has 0 aliphatic heterocycles. The summed E-state index contributed by atoms with van der Waals surface area (Å²) in [6, 6.07) is 6.87. The third-order valence-electron chi connectivity index (χ3n) is 3.55. The zero-order valence-electron chi connectivity index (χ0n) is 14.9. The maximum atomic E-state index is 11.9. The van der Waals surface area contributed by atoms with Crippen molar-refractivity contribution in [2.45, 2.75) is 26.8 Å². The predicted octanol–water partition coefficient (Wildman–Crippen LogP) is 0.693. The first kappa shape index (κ1) is 19.3. The van der Waals surface area contributed by atoms with E-state index in [1.807, 2.05) is 32.0 Å². The Morgan fingerprint density at radius 2 is 1.85 bits per heavy atom. The molecule has 0 unspecified atom stereocenters. The maximum Gasteiger partial charge on any atom is 0.328 e. The molecule has 0 aliphatic carbocycles. The van der Waals surface area contributed by atoms with Gasteiger partial charge in [-0.15, -0.1) is 0 Å². The number of hydrogen-bond donors (Lipinski definition) is 2. The molecule has 1 amide bonds. The van der Waals surface area contributed by atoms with Gasteiger partial charge < -0.3 is 14.8 Å². The van der Waals surface area contributed by atoms with Crippen LogP contribution in [0.15, 0.2) is 40.1 Å². The monoisotopic (exact) mass is 361 g/mol. The summed E-state index contributed by atoms with van der Waals surface area (Å²) < 4.78 is 12.2. The van der Waals surface area contributed by atoms with Crippen LogP contribution < -0.4 is 26.0 Å². The van der Waals surface area contributed by atoms with E-state index in [0.717, 1.165) is 10.1 Å². The number of benzene rings is 1. The summed E-state index contributed by atoms with van der Waals surface area (Å²) in [5, 5.41) is 2.75. The average Bonchev–Trinajstić information content (AvgIpc) is 2.60. The molecule has 8 heteroatoms. The van der Waals surface area contributed by atoms with E-state index in [1.165, 1.54) is 12.3 Å². The first-order chi connectivity index (χ1) is 12.5. The van der Waals surface area contributed by atoms with Gasteiger partial charge in [0.25, 0.3) is 5.56 Å². The van der Waals surface area contributed by atoms with Crippen LogP contribution in [0.4, 0.5) is 0 Å². The van der Waals surface area contributed by atoms with Crippen molar-refractivity contribution >= 4 is 5.91 Å². The third-order valence-corrected chi connectivity index (χ3v) is 3.55. The molecule has 1 aromatic carbocycles. The SMILES string of the molecule is CCOc1ccc(CCNC(=O)Cn2ccc(=O)[nH]c2=O)cc1OCC. The Hall–Kier alpha value is -3.03. The lowest BCUT2D eigenvalue weighted by atomic mass is 10.1. The summed E-state index contributed by atoms with van der Waals surface area (Å²) in [4.78, 5) is 36.6. The molecule has 0 fully saturated rings. The fraction of sp³-hybridized carbons (Fsp3) is 0.389. The molecule has 0 aliphatic rings. The molecule has 140 valence electrons. The second kappa shape index (κ2) is 9.45. The van der Waals surface area contributed by atoms with Gasteiger partial charge in [0.05, 0.1) is 13.2 Å². The number of nitrogens with one attached hydrogen (secondary N) is 2. The van der Waals surface area contributed by atoms with Gasteiger partial charge in [0.1, 0.15) is 6.54 Å². The van der Waals surface area contributed by atoms with Crippen molar-refractivity contribution in [3.8, 4) is 11.5 Å². The van der Waals surface area contributed by atoms with Crippen LogP contribution in [0.1, 0.15) is 19.4 Å². The number of amides is 1. The maximum absolute atomic E-state index is 11.9. The Morgan fingerprint density at radius 3 is 2.54 bits per heavy atom. The molecule has 2 N–H and O–H groups in total. The number of nitrogens with zero attached hydrogens (tertiary/aromatic N) is 1. The number of rotatable bonds is 9. The Balaban J connectivity index is 1.90. The first-order valence-electron chi connectivity index (χ1n) is 8.48. The molecular weight excluding hydrogens is 338 g/mol. The van der Waals surface area contributed by atoms with Gasteiger partial charge in [0.15, 0.2) is 11.5 Å². The van der Waals surface area contributed by atoms with E-state index >= 15 is 0 Å². The molecule has 0 saturated heterocycles. The molecule has 2 rings (SSSR count). The molecule has 1 aromatic heterocycles. The van der Waals surface area contributed by atoms with Crippen LogP contribution in [0.2, 0.25) is 0 Å². The van der Waals surface area contributed by atoms with Crippen molar-refractivity contribution in [1.29, 1.82) is 0 Å². The molecule has 0 saturated carbocycles. The zero-order chi connectivity index (χ0) is 18.9. The van der Waals surface area contributed by atoms with Crippen molar-refractivity contribution in [2.24, 2.45) is 0 Å². The quantitative estimate of drug-likeness (QED) is 0.684. The van der Waals surface area contributed by atoms with E-state index in [1.54, 1.807) is 0 Å². The largest absolute Gasteiger partial charge is 0.490 e. The van der Waals surface area contributed by atoms with E-state index < -0.39 is 11.2 Å². The zero-order valence-corrected chi connectivity index (χ0v) is 14.9. The van der Waals surface area contributed by atoms with Crippen molar-refractivity contribution in [2.75, 3.05) is 19.8 Å². The lowest BCUT2D eigenvalue weighted by Crippen LogP contribution is -2.36. The molecule has 8 nitrogen and oxygen atoms in total. The van der Waals surface area contributed by atoms with Gasteiger partial charge in [0.2, 0.25) is 5.91 Å². The molecule has 1 heterocycles. The normalized spacial score (nSPS) is 10.4. The van der Waals surface area contributed by atoms with Crippen molar-refractivity contribution in [3.05, 3.63) is 56.9 Å². The summed E-state index contributed by atoms with van der Waals surface area (Å²) >= 11 is 0. The van der Waals surface area contributed by atoms with Crippen molar-refractivity contribution < 1.29 is 14.3 Å². The van der Waals surface area contributed by atoms with E-state index in [2.05, 4.69) is 10.3 Å². The minimum absolute atomic E-state index is 0.150. The summed E-state index contributed by atoms with van der Waals surface area (Å²) in [6.07, 6.45) is 1.90. The van der Waals surface area contributed by atoms with Gasteiger partial charge in [0, 0.05) is 18.8 Å². The predicted molar refractivity (Wildman–Crippen MR) is 96.8 cm³/mol. The van der Waals surface area contributed by atoms with Crippen molar-refractivity contribution in [1.82, 2.24) is 14.9 Å². The number of aromatic amines is 1. The summed E-state index contributed by atoms with van der Waals surface area (Å²) in [5.74, 6) is 1.06. The van der Waals surface area contributed by atoms with Gasteiger partial charge >= 0.3 is 5.69 Å². The van der Waals surface area contributed by atoms with Gasteiger partial charge in [-0.1, -0.05) is 6.07 Å². The smallest absolute Gasteiger partial charge is 0.328 e. The van der Waals surface area contributed by atoms with E-state index in [9.17, 15) is 14.4 Å². The van der Waals surface area contributed by atoms with Crippen LogP contribution in [-0.4, -0.2) is 35.2 Å². The molecule has 26 heavy (non-hydrogen) atoms. The molecular formula is C18H23N3O5. The van der Waals surface area contributed by atoms with Crippen LogP contribution in [0.3, 0.4) is 0 Å². The second-order valence-corrected chi connectivity index (χ2v) is 5.49. The summed E-state index contributed by atoms with van der Waals surface area (Å²) in [7, 11) is 0. The van der Waals surface area contributed by atoms with E-state index in [4.69, 9.17) is 9.47 Å². The Morgan fingerprint density at radius 1 is 1.12 bits per heavy atom. The molecule has 2 aromatic rings. The highest BCUT2D eigenvalue weighted by Gasteiger charge is 2.08. The first-order valence-corrected chi connectivity index (χ1v) is 8.48. The number of H-pyrrole nitrogens is 1. The molecule has 0 bridgehead atoms. The van der Waals surface area contributed by atoms with Gasteiger partial charge in [-0.3, -0.25) is 19.1 Å². The van der Waals surface area contributed by atoms with Crippen LogP contribution >= 0.6 is 0 Å². The topological polar surface area (TPSA) is 102 Å². The lowest BCUT2D eigenvalue weighted by Gasteiger charge is -2.12. The number of carbonyl (C=O) groups excluding carboxylic acids is 1. The lowest BCUT2D eigenvalue weighted by molar-refractivity contribution is -0.121. The number of aromatic nitrogens is 2. The molecule has 0 atom stereocenters. The van der Waals surface area contributed by atoms with Gasteiger partial charge in [-0.25, -0.2) is 4.79 Å². The molecule has 0 radical (unpaired) electrons. The second-order valence-electron chi connectivity index (χ2n) is 5.49. The van der Waals surface area contributed by atoms with E-state index in [0.29, 0.717) is 37.7 Å². The van der Waals surface area contributed by atoms with E-state index in [-0.39, 0.29) is 12.5 Å². The number of ether oxygens (including phenoxy) is 2.